The van der Waals surface area contributed by atoms with E-state index in [0.29, 0.717) is 5.75 Å². The number of piperazine rings is 1. The van der Waals surface area contributed by atoms with Crippen LogP contribution in [0, 0.1) is 10.8 Å². The van der Waals surface area contributed by atoms with E-state index in [1.807, 2.05) is 30.3 Å². The number of aryl methyl sites for hydroxylation is 1. The van der Waals surface area contributed by atoms with Crippen LogP contribution >= 0.6 is 0 Å². The van der Waals surface area contributed by atoms with E-state index >= 15 is 0 Å². The summed E-state index contributed by atoms with van der Waals surface area (Å²) in [6.45, 7) is 12.6. The van der Waals surface area contributed by atoms with Crippen LogP contribution in [0.15, 0.2) is 47.6 Å². The van der Waals surface area contributed by atoms with Crippen molar-refractivity contribution in [3.05, 3.63) is 48.4 Å². The lowest BCUT2D eigenvalue weighted by Gasteiger charge is -2.29. The summed E-state index contributed by atoms with van der Waals surface area (Å²) in [6.07, 6.45) is 2.72. The molecule has 2 N–H and O–H groups in total. The molecule has 192 valence electrons. The first kappa shape index (κ1) is 24.5. The van der Waals surface area contributed by atoms with Crippen molar-refractivity contribution in [3.8, 4) is 11.6 Å². The van der Waals surface area contributed by atoms with E-state index in [1.165, 1.54) is 17.1 Å². The van der Waals surface area contributed by atoms with Gasteiger partial charge in [0.1, 0.15) is 10.6 Å². The quantitative estimate of drug-likeness (QED) is 0.496. The minimum Gasteiger partial charge on any atom is -0.439 e. The van der Waals surface area contributed by atoms with Crippen LogP contribution in [0.2, 0.25) is 0 Å². The Morgan fingerprint density at radius 1 is 1.06 bits per heavy atom. The summed E-state index contributed by atoms with van der Waals surface area (Å²) in [5.41, 5.74) is 1.89. The molecule has 2 fully saturated rings. The van der Waals surface area contributed by atoms with Gasteiger partial charge in [-0.3, -0.25) is 4.68 Å². The van der Waals surface area contributed by atoms with Gasteiger partial charge in [-0.15, -0.1) is 0 Å². The van der Waals surface area contributed by atoms with Crippen molar-refractivity contribution in [1.82, 2.24) is 25.1 Å². The molecule has 5 rings (SSSR count). The number of nitrogens with one attached hydrogen (secondary N) is 2. The summed E-state index contributed by atoms with van der Waals surface area (Å²) in [5, 5.41) is 7.32. The first-order valence-electron chi connectivity index (χ1n) is 12.1. The third-order valence-corrected chi connectivity index (χ3v) is 9.08. The van der Waals surface area contributed by atoms with Crippen LogP contribution in [0.1, 0.15) is 39.3 Å². The highest BCUT2D eigenvalue weighted by atomic mass is 32.2. The van der Waals surface area contributed by atoms with Gasteiger partial charge in [0.05, 0.1) is 11.9 Å². The average molecular weight is 512 g/mol. The number of rotatable bonds is 7. The summed E-state index contributed by atoms with van der Waals surface area (Å²) in [5.74, 6) is 1.01. The van der Waals surface area contributed by atoms with Gasteiger partial charge < -0.3 is 15.0 Å². The standard InChI is InChI=1S/C25H33N7O3S/c1-24(2)22(25(24,3)4)20-14-21(29-23(28-20)30-36(33,34)19-15-27-31(5)16-19)35-18-8-6-17(7-9-18)32-12-10-26-11-13-32/h6-9,14-16,22,26H,10-13H2,1-5H3,(H,28,29,30). The Kier molecular flexibility index (Phi) is 5.95. The van der Waals surface area contributed by atoms with Crippen molar-refractivity contribution < 1.29 is 13.2 Å². The molecule has 3 aromatic rings. The molecular formula is C25H33N7O3S. The second kappa shape index (κ2) is 8.74. The van der Waals surface area contributed by atoms with Gasteiger partial charge in [-0.2, -0.15) is 10.1 Å². The van der Waals surface area contributed by atoms with E-state index in [2.05, 4.69) is 57.7 Å². The average Bonchev–Trinajstić information content (AvgIpc) is 3.09. The predicted octanol–water partition coefficient (Wildman–Crippen LogP) is 3.36. The molecule has 0 radical (unpaired) electrons. The second-order valence-electron chi connectivity index (χ2n) is 10.6. The van der Waals surface area contributed by atoms with Crippen molar-refractivity contribution in [2.24, 2.45) is 17.9 Å². The molecule has 0 atom stereocenters. The molecule has 1 aliphatic carbocycles. The molecule has 10 nitrogen and oxygen atoms in total. The molecule has 1 aromatic carbocycles. The van der Waals surface area contributed by atoms with Crippen LogP contribution in [-0.4, -0.2) is 54.3 Å². The number of hydrogen-bond acceptors (Lipinski definition) is 8. The van der Waals surface area contributed by atoms with Crippen LogP contribution in [0.4, 0.5) is 11.6 Å². The maximum atomic E-state index is 12.9. The van der Waals surface area contributed by atoms with Gasteiger partial charge in [0, 0.05) is 57.1 Å². The molecule has 2 aromatic heterocycles. The molecular weight excluding hydrogens is 478 g/mol. The summed E-state index contributed by atoms with van der Waals surface area (Å²) < 4.78 is 35.9. The fourth-order valence-corrected chi connectivity index (χ4v) is 6.04. The SMILES string of the molecule is Cn1cc(S(=O)(=O)Nc2nc(Oc3ccc(N4CCNCC4)cc3)cc(C3C(C)(C)C3(C)C)n2)cn1. The van der Waals surface area contributed by atoms with Crippen LogP contribution in [0.3, 0.4) is 0 Å². The van der Waals surface area contributed by atoms with E-state index in [0.717, 1.165) is 37.6 Å². The van der Waals surface area contributed by atoms with Crippen LogP contribution in [0.5, 0.6) is 11.6 Å². The number of sulfonamides is 1. The molecule has 1 saturated carbocycles. The lowest BCUT2D eigenvalue weighted by molar-refractivity contribution is 0.457. The largest absolute Gasteiger partial charge is 0.439 e. The molecule has 3 heterocycles. The number of anilines is 2. The number of aromatic nitrogens is 4. The Morgan fingerprint density at radius 2 is 1.72 bits per heavy atom. The summed E-state index contributed by atoms with van der Waals surface area (Å²) in [7, 11) is -2.24. The Bertz CT molecular complexity index is 1350. The molecule has 0 amide bonds. The Balaban J connectivity index is 1.44. The molecule has 11 heteroatoms. The highest BCUT2D eigenvalue weighted by molar-refractivity contribution is 7.92. The lowest BCUT2D eigenvalue weighted by Crippen LogP contribution is -2.43. The maximum Gasteiger partial charge on any atom is 0.267 e. The fraction of sp³-hybridized carbons (Fsp3) is 0.480. The van der Waals surface area contributed by atoms with Gasteiger partial charge in [-0.1, -0.05) is 27.7 Å². The molecule has 0 unspecified atom stereocenters. The fourth-order valence-electron chi connectivity index (χ4n) is 5.11. The van der Waals surface area contributed by atoms with E-state index < -0.39 is 10.0 Å². The van der Waals surface area contributed by atoms with Crippen LogP contribution in [0.25, 0.3) is 0 Å². The maximum absolute atomic E-state index is 12.9. The molecule has 1 saturated heterocycles. The lowest BCUT2D eigenvalue weighted by atomic mass is 10.0. The number of hydrogen-bond donors (Lipinski definition) is 2. The molecule has 0 spiro atoms. The van der Waals surface area contributed by atoms with Crippen molar-refractivity contribution in [2.45, 2.75) is 38.5 Å². The van der Waals surface area contributed by atoms with E-state index in [9.17, 15) is 8.42 Å². The summed E-state index contributed by atoms with van der Waals surface area (Å²) >= 11 is 0. The first-order chi connectivity index (χ1) is 17.0. The Hall–Kier alpha value is -3.18. The topological polar surface area (TPSA) is 114 Å². The van der Waals surface area contributed by atoms with Gasteiger partial charge in [0.15, 0.2) is 0 Å². The summed E-state index contributed by atoms with van der Waals surface area (Å²) in [4.78, 5) is 11.4. The smallest absolute Gasteiger partial charge is 0.267 e. The van der Waals surface area contributed by atoms with E-state index in [4.69, 9.17) is 4.74 Å². The third kappa shape index (κ3) is 4.53. The normalized spacial score (nSPS) is 19.2. The zero-order valence-electron chi connectivity index (χ0n) is 21.3. The zero-order valence-corrected chi connectivity index (χ0v) is 22.1. The minimum atomic E-state index is -3.90. The van der Waals surface area contributed by atoms with E-state index in [-0.39, 0.29) is 33.5 Å². The van der Waals surface area contributed by atoms with Crippen LogP contribution < -0.4 is 19.7 Å². The Labute approximate surface area is 212 Å². The van der Waals surface area contributed by atoms with Crippen molar-refractivity contribution in [2.75, 3.05) is 35.8 Å². The zero-order chi connectivity index (χ0) is 25.7. The molecule has 1 aliphatic heterocycles. The predicted molar refractivity (Wildman–Crippen MR) is 138 cm³/mol. The van der Waals surface area contributed by atoms with Crippen molar-refractivity contribution in [1.29, 1.82) is 0 Å². The minimum absolute atomic E-state index is 0.00304. The van der Waals surface area contributed by atoms with Gasteiger partial charge in [-0.05, 0) is 35.1 Å². The van der Waals surface area contributed by atoms with Gasteiger partial charge in [-0.25, -0.2) is 18.1 Å². The monoisotopic (exact) mass is 511 g/mol. The van der Waals surface area contributed by atoms with Gasteiger partial charge in [0.25, 0.3) is 10.0 Å². The van der Waals surface area contributed by atoms with Crippen molar-refractivity contribution in [3.63, 3.8) is 0 Å². The third-order valence-electron chi connectivity index (χ3n) is 7.80. The van der Waals surface area contributed by atoms with Crippen molar-refractivity contribution >= 4 is 21.7 Å². The number of benzene rings is 1. The number of nitrogens with zero attached hydrogens (tertiary/aromatic N) is 5. The number of ether oxygens (including phenoxy) is 1. The van der Waals surface area contributed by atoms with Gasteiger partial charge in [0.2, 0.25) is 11.8 Å². The highest BCUT2D eigenvalue weighted by Crippen LogP contribution is 2.73. The van der Waals surface area contributed by atoms with Crippen LogP contribution in [-0.2, 0) is 17.1 Å². The summed E-state index contributed by atoms with van der Waals surface area (Å²) in [6, 6.07) is 9.68. The molecule has 2 aliphatic rings. The second-order valence-corrected chi connectivity index (χ2v) is 12.3. The Morgan fingerprint density at radius 3 is 2.31 bits per heavy atom. The molecule has 0 bridgehead atoms. The highest BCUT2D eigenvalue weighted by Gasteiger charge is 2.66. The first-order valence-corrected chi connectivity index (χ1v) is 13.6. The van der Waals surface area contributed by atoms with Gasteiger partial charge >= 0.3 is 0 Å². The molecule has 36 heavy (non-hydrogen) atoms. The van der Waals surface area contributed by atoms with E-state index in [1.54, 1.807) is 7.05 Å².